The SMILES string of the molecule is CO.[Cr+3].[N-3]. The summed E-state index contributed by atoms with van der Waals surface area (Å²) in [5.74, 6) is 0. The second-order valence-corrected chi connectivity index (χ2v) is 0. The van der Waals surface area contributed by atoms with E-state index in [0.717, 1.165) is 7.11 Å². The van der Waals surface area contributed by atoms with Crippen molar-refractivity contribution < 1.29 is 22.5 Å². The molecule has 0 aliphatic carbocycles. The third kappa shape index (κ3) is 25.3. The molecule has 0 aromatic carbocycles. The number of hydrogen-bond acceptors (Lipinski definition) is 1. The van der Waals surface area contributed by atoms with E-state index in [9.17, 15) is 0 Å². The summed E-state index contributed by atoms with van der Waals surface area (Å²) in [6.07, 6.45) is 0. The minimum absolute atomic E-state index is 0. The van der Waals surface area contributed by atoms with Crippen LogP contribution in [0.2, 0.25) is 0 Å². The molecule has 0 amide bonds. The smallest absolute Gasteiger partial charge is 3.00 e. The van der Waals surface area contributed by atoms with Gasteiger partial charge in [-0.3, -0.25) is 0 Å². The maximum Gasteiger partial charge on any atom is 3.00 e. The Hall–Kier alpha value is 0.452. The summed E-state index contributed by atoms with van der Waals surface area (Å²) in [4.78, 5) is 0. The molecule has 0 spiro atoms. The van der Waals surface area contributed by atoms with Crippen LogP contribution in [-0.4, -0.2) is 12.2 Å². The average molecular weight is 98.0 g/mol. The molecule has 0 aliphatic heterocycles. The van der Waals surface area contributed by atoms with Crippen molar-refractivity contribution in [1.29, 1.82) is 0 Å². The molecule has 0 aromatic heterocycles. The summed E-state index contributed by atoms with van der Waals surface area (Å²) in [6.45, 7) is 0. The van der Waals surface area contributed by atoms with Crippen LogP contribution < -0.4 is 0 Å². The van der Waals surface area contributed by atoms with Crippen molar-refractivity contribution in [3.8, 4) is 0 Å². The molecule has 0 fully saturated rings. The zero-order valence-electron chi connectivity index (χ0n) is 2.30. The number of aliphatic hydroxyl groups excluding tert-OH is 1. The number of aliphatic hydroxyl groups is 1. The van der Waals surface area contributed by atoms with Gasteiger partial charge < -0.3 is 11.3 Å². The van der Waals surface area contributed by atoms with Crippen molar-refractivity contribution in [1.82, 2.24) is 0 Å². The maximum absolute atomic E-state index is 7.00. The number of nitrogens with zero attached hydrogens (tertiary/aromatic N) is 1. The first kappa shape index (κ1) is 25.2. The number of hydrogen-bond donors (Lipinski definition) is 1. The zero-order valence-corrected chi connectivity index (χ0v) is 3.58. The first-order chi connectivity index (χ1) is 1.00. The van der Waals surface area contributed by atoms with Crippen LogP contribution in [0.1, 0.15) is 0 Å². The van der Waals surface area contributed by atoms with Crippen LogP contribution in [0.4, 0.5) is 0 Å². The Morgan fingerprint density at radius 3 is 1.25 bits per heavy atom. The van der Waals surface area contributed by atoms with E-state index in [4.69, 9.17) is 5.11 Å². The van der Waals surface area contributed by atoms with Gasteiger partial charge in [0.1, 0.15) is 0 Å². The molecule has 0 saturated heterocycles. The Morgan fingerprint density at radius 2 is 1.25 bits per heavy atom. The molecule has 0 aliphatic rings. The van der Waals surface area contributed by atoms with E-state index in [2.05, 4.69) is 0 Å². The van der Waals surface area contributed by atoms with Crippen LogP contribution in [0.25, 0.3) is 6.15 Å². The molecule has 2 nitrogen and oxygen atoms in total. The minimum atomic E-state index is 0. The fourth-order valence-electron chi connectivity index (χ4n) is 0. The van der Waals surface area contributed by atoms with Crippen molar-refractivity contribution >= 4 is 0 Å². The Labute approximate surface area is 36.5 Å². The van der Waals surface area contributed by atoms with Crippen molar-refractivity contribution in [2.45, 2.75) is 0 Å². The first-order valence-electron chi connectivity index (χ1n) is 0.447. The monoisotopic (exact) mass is 98.0 g/mol. The topological polar surface area (TPSA) is 50.7 Å². The van der Waals surface area contributed by atoms with Gasteiger partial charge in [0.05, 0.1) is 0 Å². The molecule has 4 heavy (non-hydrogen) atoms. The van der Waals surface area contributed by atoms with Gasteiger partial charge in [-0.15, -0.1) is 0 Å². The molecule has 0 unspecified atom stereocenters. The van der Waals surface area contributed by atoms with Crippen molar-refractivity contribution in [3.05, 3.63) is 6.15 Å². The van der Waals surface area contributed by atoms with E-state index in [-0.39, 0.29) is 23.5 Å². The molecule has 1 N–H and O–H groups in total. The van der Waals surface area contributed by atoms with Gasteiger partial charge in [0, 0.05) is 7.11 Å². The Kier molecular flexibility index (Phi) is 638. The van der Waals surface area contributed by atoms with Gasteiger partial charge in [0.15, 0.2) is 0 Å². The Balaban J connectivity index is -0.00000000500. The van der Waals surface area contributed by atoms with Crippen molar-refractivity contribution in [2.24, 2.45) is 0 Å². The van der Waals surface area contributed by atoms with Gasteiger partial charge in [0.2, 0.25) is 0 Å². The summed E-state index contributed by atoms with van der Waals surface area (Å²) in [7, 11) is 1.00. The predicted octanol–water partition coefficient (Wildman–Crippen LogP) is -0.105. The maximum atomic E-state index is 7.00. The molecule has 1 radical (unpaired) electrons. The summed E-state index contributed by atoms with van der Waals surface area (Å²) in [6, 6.07) is 0. The molecule has 0 aromatic rings. The number of rotatable bonds is 0. The second kappa shape index (κ2) is 101. The van der Waals surface area contributed by atoms with Gasteiger partial charge in [-0.1, -0.05) is 0 Å². The van der Waals surface area contributed by atoms with E-state index in [1.54, 1.807) is 0 Å². The Morgan fingerprint density at radius 1 is 1.25 bits per heavy atom. The van der Waals surface area contributed by atoms with E-state index in [0.29, 0.717) is 0 Å². The van der Waals surface area contributed by atoms with Crippen LogP contribution >= 0.6 is 0 Å². The molecule has 0 atom stereocenters. The van der Waals surface area contributed by atoms with E-state index in [1.165, 1.54) is 0 Å². The third-order valence-corrected chi connectivity index (χ3v) is 0. The molecule has 0 saturated carbocycles. The zero-order chi connectivity index (χ0) is 2.00. The molecule has 3 heteroatoms. The normalized spacial score (nSPS) is 1.50. The predicted molar refractivity (Wildman–Crippen MR) is 11.5 cm³/mol. The summed E-state index contributed by atoms with van der Waals surface area (Å²) in [5.41, 5.74) is 0. The van der Waals surface area contributed by atoms with Gasteiger partial charge in [0.25, 0.3) is 0 Å². The molecule has 0 heterocycles. The van der Waals surface area contributed by atoms with Crippen molar-refractivity contribution in [2.75, 3.05) is 7.11 Å². The van der Waals surface area contributed by atoms with Gasteiger partial charge in [-0.05, 0) is 0 Å². The van der Waals surface area contributed by atoms with Crippen LogP contribution in [-0.2, 0) is 17.4 Å². The first-order valence-corrected chi connectivity index (χ1v) is 0.447. The van der Waals surface area contributed by atoms with Gasteiger partial charge >= 0.3 is 17.4 Å². The summed E-state index contributed by atoms with van der Waals surface area (Å²) >= 11 is 0. The van der Waals surface area contributed by atoms with Gasteiger partial charge in [-0.2, -0.15) is 0 Å². The fraction of sp³-hybridized carbons (Fsp3) is 1.00. The van der Waals surface area contributed by atoms with Gasteiger partial charge in [-0.25, -0.2) is 0 Å². The molecular formula is CH4CrNO. The van der Waals surface area contributed by atoms with Crippen molar-refractivity contribution in [3.63, 3.8) is 0 Å². The van der Waals surface area contributed by atoms with E-state index >= 15 is 0 Å². The molecule has 25 valence electrons. The average Bonchev–Trinajstić information content (AvgIpc) is 1.00. The molecular weight excluding hydrogens is 94.0 g/mol. The van der Waals surface area contributed by atoms with E-state index in [1.807, 2.05) is 0 Å². The Bertz CT molecular complexity index is 8.00. The summed E-state index contributed by atoms with van der Waals surface area (Å²) in [5, 5.41) is 7.00. The quantitative estimate of drug-likeness (QED) is 0.451. The van der Waals surface area contributed by atoms with Crippen LogP contribution in [0.15, 0.2) is 0 Å². The third-order valence-electron chi connectivity index (χ3n) is 0. The van der Waals surface area contributed by atoms with E-state index < -0.39 is 0 Å². The molecule has 0 rings (SSSR count). The summed E-state index contributed by atoms with van der Waals surface area (Å²) < 4.78 is 0. The second-order valence-electron chi connectivity index (χ2n) is 0. The molecule has 0 bridgehead atoms. The fourth-order valence-corrected chi connectivity index (χ4v) is 0. The van der Waals surface area contributed by atoms with Crippen LogP contribution in [0.5, 0.6) is 0 Å². The largest absolute Gasteiger partial charge is 3.00 e. The minimum Gasteiger partial charge on any atom is -3.00 e. The standard InChI is InChI=1S/CH4O.Cr.N/c1-2;;/h2H,1H3;;/q;+3;-3. The van der Waals surface area contributed by atoms with Crippen LogP contribution in [0, 0.1) is 0 Å². The van der Waals surface area contributed by atoms with Crippen LogP contribution in [0.3, 0.4) is 0 Å².